The van der Waals surface area contributed by atoms with Crippen molar-refractivity contribution in [2.45, 2.75) is 77.0 Å². The van der Waals surface area contributed by atoms with Crippen LogP contribution in [0.2, 0.25) is 0 Å². The largest absolute Gasteiger partial charge is 4.00 e. The minimum absolute atomic E-state index is 0. The summed E-state index contributed by atoms with van der Waals surface area (Å²) < 4.78 is 56.2. The van der Waals surface area contributed by atoms with E-state index < -0.39 is 56.9 Å². The van der Waals surface area contributed by atoms with Gasteiger partial charge in [-0.3, -0.25) is 19.2 Å². The molecule has 0 aliphatic heterocycles. The van der Waals surface area contributed by atoms with Crippen LogP contribution in [0.3, 0.4) is 0 Å². The molecule has 0 heterocycles. The molecule has 0 saturated heterocycles. The van der Waals surface area contributed by atoms with Crippen molar-refractivity contribution in [2.24, 2.45) is 0 Å². The van der Waals surface area contributed by atoms with Gasteiger partial charge >= 0.3 is 50.1 Å². The van der Waals surface area contributed by atoms with Crippen molar-refractivity contribution in [3.63, 3.8) is 0 Å². The van der Waals surface area contributed by atoms with Gasteiger partial charge in [0, 0.05) is 25.7 Å². The van der Waals surface area contributed by atoms with E-state index in [0.29, 0.717) is 51.4 Å². The Labute approximate surface area is 281 Å². The molecule has 4 atom stereocenters. The van der Waals surface area contributed by atoms with Gasteiger partial charge in [0.05, 0.1) is 26.4 Å². The minimum atomic E-state index is -3.08. The average molecular weight is 816 g/mol. The van der Waals surface area contributed by atoms with Gasteiger partial charge in [-0.05, 0) is 51.4 Å². The number of carboxylic acid groups (broad SMARTS) is 4. The second-order valence-electron chi connectivity index (χ2n) is 7.80. The molecule has 4 unspecified atom stereocenters. The van der Waals surface area contributed by atoms with Crippen LogP contribution in [0.1, 0.15) is 77.0 Å². The molecule has 0 aromatic carbocycles. The van der Waals surface area contributed by atoms with Crippen LogP contribution in [-0.2, 0) is 81.7 Å². The van der Waals surface area contributed by atoms with Crippen LogP contribution in [0.25, 0.3) is 0 Å². The summed E-state index contributed by atoms with van der Waals surface area (Å²) >= 11 is 0. The maximum atomic E-state index is 9.94. The standard InChI is InChI=1S/4C5H11O5P.Zr/c4*6-5(7)3-1-2-4-10-11(8)9;/h4*11H,1-4H2,(H,6,7)(H,8,9);/q;;;;+4/p-4. The van der Waals surface area contributed by atoms with E-state index in [1.807, 2.05) is 0 Å². The molecule has 0 saturated carbocycles. The summed E-state index contributed by atoms with van der Waals surface area (Å²) in [5.74, 6) is -3.50. The second kappa shape index (κ2) is 41.4. The van der Waals surface area contributed by atoms with E-state index in [1.165, 1.54) is 0 Å². The first-order valence-corrected chi connectivity index (χ1v) is 17.6. The van der Waals surface area contributed by atoms with Gasteiger partial charge < -0.3 is 76.4 Å². The number of unbranched alkanes of at least 4 members (excludes halogenated alkanes) is 4. The topological polar surface area (TPSA) is 347 Å². The summed E-state index contributed by atoms with van der Waals surface area (Å²) in [4.78, 5) is 79.1. The molecule has 0 aromatic heterocycles. The van der Waals surface area contributed by atoms with Crippen LogP contribution in [-0.4, -0.2) is 70.7 Å². The molecule has 0 bridgehead atoms. The van der Waals surface area contributed by atoms with Crippen LogP contribution < -0.4 is 19.6 Å². The van der Waals surface area contributed by atoms with E-state index in [1.54, 1.807) is 0 Å². The summed E-state index contributed by atoms with van der Waals surface area (Å²) in [7, 11) is -12.3. The third-order valence-corrected chi connectivity index (χ3v) is 5.78. The number of carboxylic acids is 4. The van der Waals surface area contributed by atoms with Crippen molar-refractivity contribution in [3.05, 3.63) is 0 Å². The monoisotopic (exact) mass is 814 g/mol. The Hall–Kier alpha value is -0.637. The summed E-state index contributed by atoms with van der Waals surface area (Å²) in [5, 5.41) is 32.7. The van der Waals surface area contributed by atoms with Gasteiger partial charge in [-0.2, -0.15) is 0 Å². The van der Waals surface area contributed by atoms with E-state index in [4.69, 9.17) is 20.4 Å². The molecule has 25 heteroatoms. The molecule has 45 heavy (non-hydrogen) atoms. The van der Waals surface area contributed by atoms with E-state index in [0.717, 1.165) is 0 Å². The Morgan fingerprint density at radius 3 is 0.667 bits per heavy atom. The first-order valence-electron chi connectivity index (χ1n) is 12.7. The number of hydrogen-bond donors (Lipinski definition) is 4. The zero-order chi connectivity index (χ0) is 34.8. The predicted molar refractivity (Wildman–Crippen MR) is 146 cm³/mol. The fourth-order valence-corrected chi connectivity index (χ4v) is 3.38. The van der Waals surface area contributed by atoms with E-state index in [9.17, 15) is 57.0 Å². The number of rotatable bonds is 24. The summed E-state index contributed by atoms with van der Waals surface area (Å²) in [5.41, 5.74) is 0. The molecule has 0 radical (unpaired) electrons. The van der Waals surface area contributed by atoms with Gasteiger partial charge in [-0.1, -0.05) is 0 Å². The summed E-state index contributed by atoms with van der Waals surface area (Å²) in [6, 6.07) is 0. The molecule has 0 rings (SSSR count). The normalized spacial score (nSPS) is 12.5. The van der Waals surface area contributed by atoms with Crippen molar-refractivity contribution in [1.29, 1.82) is 0 Å². The van der Waals surface area contributed by atoms with Crippen LogP contribution in [0, 0.1) is 0 Å². The Bertz CT molecular complexity index is 662. The molecule has 0 spiro atoms. The molecule has 264 valence electrons. The molecule has 4 N–H and O–H groups in total. The Kier molecular flexibility index (Phi) is 49.5. The zero-order valence-corrected chi connectivity index (χ0v) is 30.6. The molecule has 20 nitrogen and oxygen atoms in total. The third kappa shape index (κ3) is 75.4. The van der Waals surface area contributed by atoms with Crippen molar-refractivity contribution < 1.29 is 122 Å². The molecular formula is C20H40O20P4Zr. The Morgan fingerprint density at radius 1 is 0.400 bits per heavy atom. The Balaban J connectivity index is -0.000000157. The van der Waals surface area contributed by atoms with Gasteiger partial charge in [-0.25, -0.2) is 0 Å². The van der Waals surface area contributed by atoms with Crippen LogP contribution in [0.4, 0.5) is 0 Å². The SMILES string of the molecule is O=C(O)CCCCO[PH](=O)[O-].O=C(O)CCCCO[PH](=O)[O-].O=C(O)CCCCO[PH](=O)[O-].O=C(O)CCCCO[PH](=O)[O-].[Zr+4]. The molecule has 0 amide bonds. The van der Waals surface area contributed by atoms with Gasteiger partial charge in [0.2, 0.25) is 0 Å². The Morgan fingerprint density at radius 2 is 0.556 bits per heavy atom. The fraction of sp³-hybridized carbons (Fsp3) is 0.800. The van der Waals surface area contributed by atoms with Crippen LogP contribution in [0.15, 0.2) is 0 Å². The fourth-order valence-electron chi connectivity index (χ4n) is 2.14. The van der Waals surface area contributed by atoms with Crippen molar-refractivity contribution in [1.82, 2.24) is 0 Å². The van der Waals surface area contributed by atoms with E-state index in [2.05, 4.69) is 18.1 Å². The molecule has 0 aromatic rings. The maximum Gasteiger partial charge on any atom is 4.00 e. The summed E-state index contributed by atoms with van der Waals surface area (Å²) in [6.45, 7) is 0.367. The number of aliphatic carboxylic acids is 4. The first kappa shape index (κ1) is 53.8. The first-order chi connectivity index (χ1) is 20.5. The molecule has 0 fully saturated rings. The van der Waals surface area contributed by atoms with Gasteiger partial charge in [-0.15, -0.1) is 0 Å². The van der Waals surface area contributed by atoms with Gasteiger partial charge in [0.25, 0.3) is 0 Å². The van der Waals surface area contributed by atoms with Crippen LogP contribution in [0.5, 0.6) is 0 Å². The second-order valence-corrected chi connectivity index (χ2v) is 11.0. The summed E-state index contributed by atoms with van der Waals surface area (Å²) in [6.07, 6.45) is 3.88. The third-order valence-electron chi connectivity index (χ3n) is 4.02. The predicted octanol–water partition coefficient (Wildman–Crippen LogP) is 0.0291. The zero-order valence-electron chi connectivity index (χ0n) is 24.1. The van der Waals surface area contributed by atoms with E-state index >= 15 is 0 Å². The molecule has 0 aliphatic rings. The van der Waals surface area contributed by atoms with Gasteiger partial charge in [0.15, 0.2) is 0 Å². The smallest absolute Gasteiger partial charge is 0.781 e. The number of hydrogen-bond acceptors (Lipinski definition) is 16. The minimum Gasteiger partial charge on any atom is -0.781 e. The van der Waals surface area contributed by atoms with Crippen LogP contribution >= 0.6 is 33.0 Å². The maximum absolute atomic E-state index is 9.94. The van der Waals surface area contributed by atoms with E-state index in [-0.39, 0.29) is 78.3 Å². The van der Waals surface area contributed by atoms with Gasteiger partial charge in [0.1, 0.15) is 33.0 Å². The quantitative estimate of drug-likeness (QED) is 0.0737. The molecule has 0 aliphatic carbocycles. The van der Waals surface area contributed by atoms with Crippen molar-refractivity contribution >= 4 is 56.9 Å². The molecular weight excluding hydrogens is 775 g/mol. The number of carbonyl (C=O) groups is 4. The van der Waals surface area contributed by atoms with Crippen molar-refractivity contribution in [3.8, 4) is 0 Å². The average Bonchev–Trinajstić information content (AvgIpc) is 2.87. The van der Waals surface area contributed by atoms with Crippen molar-refractivity contribution in [2.75, 3.05) is 26.4 Å².